The second kappa shape index (κ2) is 4.80. The minimum atomic E-state index is -0.296. The Kier molecular flexibility index (Phi) is 3.38. The van der Waals surface area contributed by atoms with Crippen molar-refractivity contribution in [1.29, 1.82) is 0 Å². The lowest BCUT2D eigenvalue weighted by Gasteiger charge is -2.03. The molecule has 0 N–H and O–H groups in total. The van der Waals surface area contributed by atoms with Crippen molar-refractivity contribution in [3.05, 3.63) is 69.4 Å². The second-order valence-corrected chi connectivity index (χ2v) is 4.72. The lowest BCUT2D eigenvalue weighted by atomic mass is 10.0. The highest BCUT2D eigenvalue weighted by Gasteiger charge is 2.10. The Morgan fingerprint density at radius 3 is 2.47 bits per heavy atom. The van der Waals surface area contributed by atoms with Gasteiger partial charge in [-0.1, -0.05) is 28.1 Å². The van der Waals surface area contributed by atoms with Gasteiger partial charge in [-0.25, -0.2) is 4.39 Å². The van der Waals surface area contributed by atoms with E-state index in [1.165, 1.54) is 12.1 Å². The van der Waals surface area contributed by atoms with Gasteiger partial charge in [-0.05, 0) is 42.8 Å². The molecule has 0 fully saturated rings. The molecule has 0 amide bonds. The highest BCUT2D eigenvalue weighted by Crippen LogP contribution is 2.17. The first kappa shape index (κ1) is 12.0. The summed E-state index contributed by atoms with van der Waals surface area (Å²) in [5, 5.41) is 0. The third-order valence-corrected chi connectivity index (χ3v) is 3.00. The van der Waals surface area contributed by atoms with Crippen LogP contribution in [0.1, 0.15) is 21.5 Å². The summed E-state index contributed by atoms with van der Waals surface area (Å²) in [7, 11) is 0. The van der Waals surface area contributed by atoms with Gasteiger partial charge in [-0.2, -0.15) is 0 Å². The van der Waals surface area contributed by atoms with E-state index in [1.807, 2.05) is 6.07 Å². The molecule has 86 valence electrons. The van der Waals surface area contributed by atoms with Crippen LogP contribution in [0.25, 0.3) is 0 Å². The Hall–Kier alpha value is -1.48. The molecule has 0 saturated heterocycles. The molecule has 0 aliphatic heterocycles. The highest BCUT2D eigenvalue weighted by molar-refractivity contribution is 9.10. The molecule has 3 heteroatoms. The molecule has 0 aliphatic carbocycles. The summed E-state index contributed by atoms with van der Waals surface area (Å²) in [6, 6.07) is 11.5. The molecular weight excluding hydrogens is 283 g/mol. The molecule has 0 bridgehead atoms. The third kappa shape index (κ3) is 2.61. The summed E-state index contributed by atoms with van der Waals surface area (Å²) in [6.07, 6.45) is 0. The molecule has 17 heavy (non-hydrogen) atoms. The van der Waals surface area contributed by atoms with Crippen LogP contribution in [0.4, 0.5) is 4.39 Å². The molecule has 0 aliphatic rings. The first-order valence-corrected chi connectivity index (χ1v) is 5.93. The molecule has 0 atom stereocenters. The van der Waals surface area contributed by atoms with Crippen LogP contribution in [0, 0.1) is 12.7 Å². The van der Waals surface area contributed by atoms with Gasteiger partial charge in [0.15, 0.2) is 5.78 Å². The van der Waals surface area contributed by atoms with Gasteiger partial charge in [-0.3, -0.25) is 4.79 Å². The summed E-state index contributed by atoms with van der Waals surface area (Å²) in [4.78, 5) is 12.1. The second-order valence-electron chi connectivity index (χ2n) is 3.80. The van der Waals surface area contributed by atoms with Crippen molar-refractivity contribution >= 4 is 21.7 Å². The quantitative estimate of drug-likeness (QED) is 0.761. The number of ketones is 1. The van der Waals surface area contributed by atoms with Crippen molar-refractivity contribution in [3.8, 4) is 0 Å². The predicted octanol–water partition coefficient (Wildman–Crippen LogP) is 4.13. The van der Waals surface area contributed by atoms with Gasteiger partial charge in [0, 0.05) is 15.6 Å². The number of rotatable bonds is 2. The van der Waals surface area contributed by atoms with E-state index in [1.54, 1.807) is 31.2 Å². The van der Waals surface area contributed by atoms with E-state index >= 15 is 0 Å². The monoisotopic (exact) mass is 292 g/mol. The van der Waals surface area contributed by atoms with E-state index in [2.05, 4.69) is 15.9 Å². The number of carbonyl (C=O) groups excluding carboxylic acids is 1. The van der Waals surface area contributed by atoms with Crippen LogP contribution < -0.4 is 0 Å². The molecule has 0 aromatic heterocycles. The fourth-order valence-electron chi connectivity index (χ4n) is 1.58. The lowest BCUT2D eigenvalue weighted by Crippen LogP contribution is -2.02. The average molecular weight is 293 g/mol. The molecule has 0 heterocycles. The van der Waals surface area contributed by atoms with Gasteiger partial charge in [0.1, 0.15) is 5.82 Å². The maximum Gasteiger partial charge on any atom is 0.193 e. The van der Waals surface area contributed by atoms with Crippen LogP contribution in [0.3, 0.4) is 0 Å². The van der Waals surface area contributed by atoms with Crippen molar-refractivity contribution in [2.45, 2.75) is 6.92 Å². The lowest BCUT2D eigenvalue weighted by molar-refractivity contribution is 0.103. The van der Waals surface area contributed by atoms with Gasteiger partial charge in [0.2, 0.25) is 0 Å². The SMILES string of the molecule is Cc1cc(C(=O)c2cccc(Br)c2)ccc1F. The molecular formula is C14H10BrFO. The Morgan fingerprint density at radius 1 is 1.12 bits per heavy atom. The molecule has 2 aromatic rings. The maximum atomic E-state index is 13.1. The molecule has 0 spiro atoms. The van der Waals surface area contributed by atoms with Crippen LogP contribution in [-0.2, 0) is 0 Å². The molecule has 0 radical (unpaired) electrons. The molecule has 2 rings (SSSR count). The number of halogens is 2. The van der Waals surface area contributed by atoms with Gasteiger partial charge in [0.05, 0.1) is 0 Å². The normalized spacial score (nSPS) is 10.3. The molecule has 2 aromatic carbocycles. The van der Waals surface area contributed by atoms with Crippen LogP contribution in [-0.4, -0.2) is 5.78 Å². The van der Waals surface area contributed by atoms with Crippen molar-refractivity contribution in [2.75, 3.05) is 0 Å². The summed E-state index contributed by atoms with van der Waals surface area (Å²) in [5.41, 5.74) is 1.57. The first-order valence-electron chi connectivity index (χ1n) is 5.14. The average Bonchev–Trinajstić information content (AvgIpc) is 2.32. The van der Waals surface area contributed by atoms with Crippen molar-refractivity contribution in [2.24, 2.45) is 0 Å². The maximum absolute atomic E-state index is 13.1. The first-order chi connectivity index (χ1) is 8.08. The summed E-state index contributed by atoms with van der Waals surface area (Å²) in [6.45, 7) is 1.65. The minimum Gasteiger partial charge on any atom is -0.289 e. The van der Waals surface area contributed by atoms with E-state index in [4.69, 9.17) is 0 Å². The minimum absolute atomic E-state index is 0.102. The molecule has 0 unspecified atom stereocenters. The summed E-state index contributed by atoms with van der Waals surface area (Å²) in [5.74, 6) is -0.398. The van der Waals surface area contributed by atoms with E-state index in [-0.39, 0.29) is 11.6 Å². The predicted molar refractivity (Wildman–Crippen MR) is 68.7 cm³/mol. The Labute approximate surface area is 107 Å². The number of aryl methyl sites for hydroxylation is 1. The van der Waals surface area contributed by atoms with E-state index < -0.39 is 0 Å². The number of carbonyl (C=O) groups is 1. The van der Waals surface area contributed by atoms with Gasteiger partial charge < -0.3 is 0 Å². The summed E-state index contributed by atoms with van der Waals surface area (Å²) < 4.78 is 14.0. The van der Waals surface area contributed by atoms with Crippen LogP contribution in [0.2, 0.25) is 0 Å². The third-order valence-electron chi connectivity index (χ3n) is 2.51. The van der Waals surface area contributed by atoms with E-state index in [9.17, 15) is 9.18 Å². The van der Waals surface area contributed by atoms with Crippen molar-refractivity contribution in [3.63, 3.8) is 0 Å². The van der Waals surface area contributed by atoms with E-state index in [0.717, 1.165) is 4.47 Å². The highest BCUT2D eigenvalue weighted by atomic mass is 79.9. The number of hydrogen-bond donors (Lipinski definition) is 0. The zero-order valence-electron chi connectivity index (χ0n) is 9.21. The smallest absolute Gasteiger partial charge is 0.193 e. The van der Waals surface area contributed by atoms with Crippen molar-refractivity contribution in [1.82, 2.24) is 0 Å². The van der Waals surface area contributed by atoms with Gasteiger partial charge in [-0.15, -0.1) is 0 Å². The zero-order valence-corrected chi connectivity index (χ0v) is 10.8. The topological polar surface area (TPSA) is 17.1 Å². The summed E-state index contributed by atoms with van der Waals surface area (Å²) >= 11 is 3.32. The van der Waals surface area contributed by atoms with E-state index in [0.29, 0.717) is 16.7 Å². The van der Waals surface area contributed by atoms with Gasteiger partial charge >= 0.3 is 0 Å². The number of benzene rings is 2. The molecule has 1 nitrogen and oxygen atoms in total. The number of hydrogen-bond acceptors (Lipinski definition) is 1. The fourth-order valence-corrected chi connectivity index (χ4v) is 1.98. The standard InChI is InChI=1S/C14H10BrFO/c1-9-7-11(5-6-13(9)16)14(17)10-3-2-4-12(15)8-10/h2-8H,1H3. The van der Waals surface area contributed by atoms with Crippen LogP contribution in [0.15, 0.2) is 46.9 Å². The molecule has 0 saturated carbocycles. The Balaban J connectivity index is 2.40. The Bertz CT molecular complexity index is 578. The van der Waals surface area contributed by atoms with Gasteiger partial charge in [0.25, 0.3) is 0 Å². The largest absolute Gasteiger partial charge is 0.289 e. The Morgan fingerprint density at radius 2 is 1.82 bits per heavy atom. The van der Waals surface area contributed by atoms with Crippen molar-refractivity contribution < 1.29 is 9.18 Å². The fraction of sp³-hybridized carbons (Fsp3) is 0.0714. The van der Waals surface area contributed by atoms with Crippen LogP contribution in [0.5, 0.6) is 0 Å². The van der Waals surface area contributed by atoms with Crippen LogP contribution >= 0.6 is 15.9 Å². The zero-order chi connectivity index (χ0) is 12.4.